The maximum absolute atomic E-state index is 12.5. The largest absolute Gasteiger partial charge is 0.496 e. The van der Waals surface area contributed by atoms with Crippen LogP contribution in [0.3, 0.4) is 0 Å². The molecule has 1 aromatic heterocycles. The average molecular weight is 319 g/mol. The highest BCUT2D eigenvalue weighted by molar-refractivity contribution is 5.80. The van der Waals surface area contributed by atoms with Crippen LogP contribution in [0.25, 0.3) is 17.0 Å². The van der Waals surface area contributed by atoms with E-state index in [-0.39, 0.29) is 5.56 Å². The molecule has 0 bridgehead atoms. The lowest BCUT2D eigenvalue weighted by Crippen LogP contribution is -2.20. The van der Waals surface area contributed by atoms with Gasteiger partial charge in [0.05, 0.1) is 18.0 Å². The summed E-state index contributed by atoms with van der Waals surface area (Å²) in [4.78, 5) is 16.9. The molecular weight excluding hydrogens is 302 g/mol. The van der Waals surface area contributed by atoms with Crippen LogP contribution in [-0.4, -0.2) is 23.0 Å². The van der Waals surface area contributed by atoms with Gasteiger partial charge in [0.1, 0.15) is 11.6 Å². The molecule has 5 nitrogen and oxygen atoms in total. The number of allylic oxidation sites excluding steroid dienone is 1. The summed E-state index contributed by atoms with van der Waals surface area (Å²) < 4.78 is 6.59. The summed E-state index contributed by atoms with van der Waals surface area (Å²) in [5, 5.41) is 4.77. The summed E-state index contributed by atoms with van der Waals surface area (Å²) in [5.41, 5.74) is 1.43. The van der Waals surface area contributed by atoms with Crippen LogP contribution in [0.15, 0.2) is 64.5 Å². The van der Waals surface area contributed by atoms with E-state index in [1.165, 1.54) is 4.68 Å². The van der Waals surface area contributed by atoms with E-state index >= 15 is 0 Å². The van der Waals surface area contributed by atoms with Gasteiger partial charge in [-0.1, -0.05) is 30.3 Å². The van der Waals surface area contributed by atoms with Crippen LogP contribution in [0.4, 0.5) is 0 Å². The number of benzene rings is 2. The topological polar surface area (TPSA) is 56.5 Å². The first kappa shape index (κ1) is 15.7. The maximum Gasteiger partial charge on any atom is 0.282 e. The molecule has 120 valence electrons. The number of methoxy groups -OCH3 is 1. The second-order valence-electron chi connectivity index (χ2n) is 5.16. The molecule has 24 heavy (non-hydrogen) atoms. The maximum atomic E-state index is 12.5. The van der Waals surface area contributed by atoms with E-state index in [1.54, 1.807) is 32.4 Å². The molecule has 0 saturated heterocycles. The lowest BCUT2D eigenvalue weighted by Gasteiger charge is -2.04. The first-order valence-electron chi connectivity index (χ1n) is 7.53. The van der Waals surface area contributed by atoms with Crippen molar-refractivity contribution >= 4 is 23.2 Å². The van der Waals surface area contributed by atoms with Gasteiger partial charge in [-0.2, -0.15) is 9.78 Å². The molecule has 3 aromatic rings. The highest BCUT2D eigenvalue weighted by Crippen LogP contribution is 2.18. The van der Waals surface area contributed by atoms with Crippen molar-refractivity contribution in [2.75, 3.05) is 7.11 Å². The highest BCUT2D eigenvalue weighted by Gasteiger charge is 2.05. The van der Waals surface area contributed by atoms with E-state index in [2.05, 4.69) is 10.1 Å². The van der Waals surface area contributed by atoms with Gasteiger partial charge in [0.2, 0.25) is 0 Å². The van der Waals surface area contributed by atoms with Crippen molar-refractivity contribution in [2.45, 2.75) is 6.92 Å². The van der Waals surface area contributed by atoms with Crippen molar-refractivity contribution in [2.24, 2.45) is 5.10 Å². The van der Waals surface area contributed by atoms with Gasteiger partial charge in [0, 0.05) is 11.8 Å². The average Bonchev–Trinajstić information content (AvgIpc) is 2.61. The third-order valence-electron chi connectivity index (χ3n) is 3.60. The Hall–Kier alpha value is -3.21. The fraction of sp³-hybridized carbons (Fsp3) is 0.105. The van der Waals surface area contributed by atoms with Crippen molar-refractivity contribution in [1.29, 1.82) is 0 Å². The molecule has 0 fully saturated rings. The summed E-state index contributed by atoms with van der Waals surface area (Å²) in [6, 6.07) is 14.9. The van der Waals surface area contributed by atoms with Crippen LogP contribution in [0, 0.1) is 6.92 Å². The molecule has 0 spiro atoms. The van der Waals surface area contributed by atoms with Gasteiger partial charge in [-0.05, 0) is 37.3 Å². The quantitative estimate of drug-likeness (QED) is 0.694. The molecule has 0 aliphatic carbocycles. The van der Waals surface area contributed by atoms with Crippen LogP contribution >= 0.6 is 0 Å². The van der Waals surface area contributed by atoms with Crippen molar-refractivity contribution < 1.29 is 4.74 Å². The third-order valence-corrected chi connectivity index (χ3v) is 3.60. The Labute approximate surface area is 139 Å². The van der Waals surface area contributed by atoms with Gasteiger partial charge in [-0.3, -0.25) is 4.79 Å². The molecule has 3 rings (SSSR count). The van der Waals surface area contributed by atoms with E-state index in [0.29, 0.717) is 16.7 Å². The van der Waals surface area contributed by atoms with Crippen molar-refractivity contribution in [3.8, 4) is 5.75 Å². The molecule has 0 aliphatic heterocycles. The number of nitrogens with zero attached hydrogens (tertiary/aromatic N) is 3. The Balaban J connectivity index is 1.91. The SMILES string of the molecule is COc1ccccc1/C=C/C=N\n1c(C)nc2ccccc2c1=O. The lowest BCUT2D eigenvalue weighted by molar-refractivity contribution is 0.414. The standard InChI is InChI=1S/C19H17N3O2/c1-14-21-17-11-5-4-10-16(17)19(23)22(14)20-13-7-9-15-8-3-6-12-18(15)24-2/h3-13H,1-2H3/b9-7+,20-13-. The van der Waals surface area contributed by atoms with Gasteiger partial charge >= 0.3 is 0 Å². The molecule has 1 heterocycles. The number of aromatic nitrogens is 2. The molecule has 0 atom stereocenters. The zero-order chi connectivity index (χ0) is 16.9. The van der Waals surface area contributed by atoms with E-state index in [4.69, 9.17) is 4.74 Å². The number of rotatable bonds is 4. The second kappa shape index (κ2) is 6.91. The Morgan fingerprint density at radius 2 is 1.88 bits per heavy atom. The lowest BCUT2D eigenvalue weighted by atomic mass is 10.2. The van der Waals surface area contributed by atoms with Gasteiger partial charge < -0.3 is 4.74 Å². The number of ether oxygens (including phenoxy) is 1. The van der Waals surface area contributed by atoms with Gasteiger partial charge in [0.15, 0.2) is 0 Å². The molecular formula is C19H17N3O2. The minimum Gasteiger partial charge on any atom is -0.496 e. The fourth-order valence-electron chi connectivity index (χ4n) is 2.43. The highest BCUT2D eigenvalue weighted by atomic mass is 16.5. The molecule has 0 unspecified atom stereocenters. The second-order valence-corrected chi connectivity index (χ2v) is 5.16. The molecule has 0 N–H and O–H groups in total. The van der Waals surface area contributed by atoms with Crippen LogP contribution in [-0.2, 0) is 0 Å². The predicted molar refractivity (Wildman–Crippen MR) is 96.7 cm³/mol. The Kier molecular flexibility index (Phi) is 4.52. The van der Waals surface area contributed by atoms with Crippen LogP contribution in [0.2, 0.25) is 0 Å². The van der Waals surface area contributed by atoms with E-state index < -0.39 is 0 Å². The summed E-state index contributed by atoms with van der Waals surface area (Å²) in [6.07, 6.45) is 5.20. The monoisotopic (exact) mass is 319 g/mol. The van der Waals surface area contributed by atoms with Crippen LogP contribution in [0.5, 0.6) is 5.75 Å². The zero-order valence-corrected chi connectivity index (χ0v) is 13.5. The summed E-state index contributed by atoms with van der Waals surface area (Å²) in [5.74, 6) is 1.32. The molecule has 5 heteroatoms. The number of hydrogen-bond donors (Lipinski definition) is 0. The minimum absolute atomic E-state index is 0.181. The smallest absolute Gasteiger partial charge is 0.282 e. The summed E-state index contributed by atoms with van der Waals surface area (Å²) in [7, 11) is 1.63. The van der Waals surface area contributed by atoms with E-state index in [0.717, 1.165) is 11.3 Å². The van der Waals surface area contributed by atoms with E-state index in [9.17, 15) is 4.79 Å². The normalized spacial score (nSPS) is 11.6. The third kappa shape index (κ3) is 3.10. The van der Waals surface area contributed by atoms with Gasteiger partial charge in [0.25, 0.3) is 5.56 Å². The molecule has 2 aromatic carbocycles. The molecule has 0 amide bonds. The Morgan fingerprint density at radius 1 is 1.12 bits per heavy atom. The summed E-state index contributed by atoms with van der Waals surface area (Å²) in [6.45, 7) is 1.76. The van der Waals surface area contributed by atoms with Crippen LogP contribution < -0.4 is 10.3 Å². The van der Waals surface area contributed by atoms with Crippen molar-refractivity contribution in [3.63, 3.8) is 0 Å². The van der Waals surface area contributed by atoms with Gasteiger partial charge in [-0.25, -0.2) is 4.98 Å². The summed E-state index contributed by atoms with van der Waals surface area (Å²) >= 11 is 0. The van der Waals surface area contributed by atoms with E-state index in [1.807, 2.05) is 48.5 Å². The molecule has 0 saturated carbocycles. The van der Waals surface area contributed by atoms with Crippen LogP contribution in [0.1, 0.15) is 11.4 Å². The Bertz CT molecular complexity index is 987. The first-order chi connectivity index (χ1) is 11.7. The predicted octanol–water partition coefficient (Wildman–Crippen LogP) is 3.26. The zero-order valence-electron chi connectivity index (χ0n) is 13.5. The van der Waals surface area contributed by atoms with Crippen molar-refractivity contribution in [3.05, 3.63) is 76.3 Å². The Morgan fingerprint density at radius 3 is 2.71 bits per heavy atom. The molecule has 0 aliphatic rings. The number of aryl methyl sites for hydroxylation is 1. The fourth-order valence-corrected chi connectivity index (χ4v) is 2.43. The molecule has 0 radical (unpaired) electrons. The minimum atomic E-state index is -0.181. The first-order valence-corrected chi connectivity index (χ1v) is 7.53. The number of hydrogen-bond acceptors (Lipinski definition) is 4. The van der Waals surface area contributed by atoms with Crippen molar-refractivity contribution in [1.82, 2.24) is 9.66 Å². The number of para-hydroxylation sites is 2. The number of fused-ring (bicyclic) bond motifs is 1. The van der Waals surface area contributed by atoms with Gasteiger partial charge in [-0.15, -0.1) is 0 Å².